The summed E-state index contributed by atoms with van der Waals surface area (Å²) in [6, 6.07) is 5.85. The summed E-state index contributed by atoms with van der Waals surface area (Å²) in [5.74, 6) is 0.773. The second-order valence-corrected chi connectivity index (χ2v) is 5.55. The van der Waals surface area contributed by atoms with Crippen LogP contribution in [-0.2, 0) is 0 Å². The number of quaternary nitrogens is 1. The van der Waals surface area contributed by atoms with Gasteiger partial charge in [-0.3, -0.25) is 0 Å². The third kappa shape index (κ3) is 4.86. The van der Waals surface area contributed by atoms with Gasteiger partial charge in [-0.05, 0) is 45.4 Å². The summed E-state index contributed by atoms with van der Waals surface area (Å²) in [5.41, 5.74) is 1.40. The number of hydrogen-bond donors (Lipinski definition) is 1. The van der Waals surface area contributed by atoms with Crippen molar-refractivity contribution in [2.45, 2.75) is 33.2 Å². The van der Waals surface area contributed by atoms with E-state index in [-0.39, 0.29) is 5.54 Å². The lowest BCUT2D eigenvalue weighted by molar-refractivity contribution is -0.717. The molecule has 0 aliphatic heterocycles. The number of nitrogens with two attached hydrogens (primary N) is 1. The van der Waals surface area contributed by atoms with Crippen molar-refractivity contribution in [2.75, 3.05) is 13.2 Å². The van der Waals surface area contributed by atoms with Crippen molar-refractivity contribution in [3.05, 3.63) is 28.8 Å². The van der Waals surface area contributed by atoms with Crippen LogP contribution >= 0.6 is 11.6 Å². The molecule has 0 heterocycles. The minimum absolute atomic E-state index is 0.250. The van der Waals surface area contributed by atoms with E-state index >= 15 is 0 Å². The van der Waals surface area contributed by atoms with Gasteiger partial charge >= 0.3 is 0 Å². The van der Waals surface area contributed by atoms with Crippen LogP contribution < -0.4 is 10.1 Å². The van der Waals surface area contributed by atoms with Gasteiger partial charge in [0.1, 0.15) is 18.9 Å². The van der Waals surface area contributed by atoms with Crippen LogP contribution in [0.1, 0.15) is 26.3 Å². The number of halogens is 1. The Morgan fingerprint density at radius 1 is 1.31 bits per heavy atom. The Kier molecular flexibility index (Phi) is 4.63. The zero-order valence-electron chi connectivity index (χ0n) is 10.5. The third-order valence-electron chi connectivity index (χ3n) is 2.22. The van der Waals surface area contributed by atoms with Crippen molar-refractivity contribution in [2.24, 2.45) is 0 Å². The highest BCUT2D eigenvalue weighted by Gasteiger charge is 2.12. The van der Waals surface area contributed by atoms with E-state index in [1.54, 1.807) is 0 Å². The van der Waals surface area contributed by atoms with Gasteiger partial charge in [0.15, 0.2) is 0 Å². The van der Waals surface area contributed by atoms with Crippen LogP contribution in [0.25, 0.3) is 0 Å². The number of ether oxygens (including phenoxy) is 1. The molecular weight excluding hydrogens is 222 g/mol. The van der Waals surface area contributed by atoms with Gasteiger partial charge in [-0.2, -0.15) is 0 Å². The van der Waals surface area contributed by atoms with E-state index in [0.29, 0.717) is 11.6 Å². The van der Waals surface area contributed by atoms with Crippen molar-refractivity contribution in [3.8, 4) is 5.75 Å². The third-order valence-corrected chi connectivity index (χ3v) is 2.51. The van der Waals surface area contributed by atoms with Crippen LogP contribution in [0.3, 0.4) is 0 Å². The van der Waals surface area contributed by atoms with Crippen LogP contribution in [0, 0.1) is 6.92 Å². The van der Waals surface area contributed by atoms with Gasteiger partial charge in [0.25, 0.3) is 0 Å². The van der Waals surface area contributed by atoms with Crippen molar-refractivity contribution >= 4 is 11.6 Å². The monoisotopic (exact) mass is 242 g/mol. The topological polar surface area (TPSA) is 25.8 Å². The first-order chi connectivity index (χ1) is 7.38. The van der Waals surface area contributed by atoms with Crippen LogP contribution in [0.15, 0.2) is 18.2 Å². The molecule has 0 bridgehead atoms. The standard InChI is InChI=1S/C13H20ClNO/c1-10-5-6-12(11(14)9-10)16-8-7-15-13(2,3)4/h5-6,9,15H,7-8H2,1-4H3/p+1. The Balaban J connectivity index is 2.38. The summed E-state index contributed by atoms with van der Waals surface area (Å²) in [6.45, 7) is 10.2. The summed E-state index contributed by atoms with van der Waals surface area (Å²) in [5, 5.41) is 2.95. The van der Waals surface area contributed by atoms with Gasteiger partial charge in [-0.15, -0.1) is 0 Å². The molecule has 0 aliphatic carbocycles. The van der Waals surface area contributed by atoms with E-state index in [4.69, 9.17) is 16.3 Å². The fourth-order valence-corrected chi connectivity index (χ4v) is 1.67. The average molecular weight is 243 g/mol. The van der Waals surface area contributed by atoms with Gasteiger partial charge in [-0.25, -0.2) is 0 Å². The first-order valence-electron chi connectivity index (χ1n) is 5.62. The van der Waals surface area contributed by atoms with Crippen LogP contribution in [0.2, 0.25) is 5.02 Å². The molecule has 1 aromatic rings. The first kappa shape index (κ1) is 13.3. The maximum absolute atomic E-state index is 6.06. The highest BCUT2D eigenvalue weighted by atomic mass is 35.5. The molecule has 0 saturated heterocycles. The first-order valence-corrected chi connectivity index (χ1v) is 5.99. The molecule has 3 heteroatoms. The Bertz CT molecular complexity index is 344. The molecule has 1 aromatic carbocycles. The van der Waals surface area contributed by atoms with E-state index < -0.39 is 0 Å². The van der Waals surface area contributed by atoms with Gasteiger partial charge < -0.3 is 10.1 Å². The minimum Gasteiger partial charge on any atom is -0.486 e. The molecular formula is C13H21ClNO+. The minimum atomic E-state index is 0.250. The number of rotatable bonds is 4. The molecule has 0 unspecified atom stereocenters. The molecule has 0 fully saturated rings. The molecule has 0 aromatic heterocycles. The molecule has 0 atom stereocenters. The predicted molar refractivity (Wildman–Crippen MR) is 68.2 cm³/mol. The van der Waals surface area contributed by atoms with Gasteiger partial charge in [0.05, 0.1) is 10.6 Å². The Morgan fingerprint density at radius 3 is 2.56 bits per heavy atom. The van der Waals surface area contributed by atoms with Crippen molar-refractivity contribution in [1.29, 1.82) is 0 Å². The molecule has 0 amide bonds. The maximum Gasteiger partial charge on any atom is 0.138 e. The van der Waals surface area contributed by atoms with Crippen molar-refractivity contribution in [3.63, 3.8) is 0 Å². The SMILES string of the molecule is Cc1ccc(OCC[NH2+]C(C)(C)C)c(Cl)c1. The van der Waals surface area contributed by atoms with E-state index in [2.05, 4.69) is 26.1 Å². The fraction of sp³-hybridized carbons (Fsp3) is 0.538. The van der Waals surface area contributed by atoms with Crippen LogP contribution in [0.5, 0.6) is 5.75 Å². The Labute approximate surface area is 103 Å². The second kappa shape index (κ2) is 5.55. The molecule has 1 rings (SSSR count). The molecule has 90 valence electrons. The normalized spacial score (nSPS) is 11.6. The predicted octanol–water partition coefficient (Wildman–Crippen LogP) is 2.39. The van der Waals surface area contributed by atoms with Gasteiger partial charge in [0, 0.05) is 0 Å². The van der Waals surface area contributed by atoms with Gasteiger partial charge in [0.2, 0.25) is 0 Å². The van der Waals surface area contributed by atoms with Crippen LogP contribution in [0.4, 0.5) is 0 Å². The van der Waals surface area contributed by atoms with Crippen molar-refractivity contribution in [1.82, 2.24) is 0 Å². The summed E-state index contributed by atoms with van der Waals surface area (Å²) in [4.78, 5) is 0. The second-order valence-electron chi connectivity index (χ2n) is 5.14. The molecule has 0 radical (unpaired) electrons. The van der Waals surface area contributed by atoms with E-state index in [9.17, 15) is 0 Å². The molecule has 2 N–H and O–H groups in total. The molecule has 0 aliphatic rings. The zero-order chi connectivity index (χ0) is 12.2. The average Bonchev–Trinajstić information content (AvgIpc) is 2.13. The number of hydrogen-bond acceptors (Lipinski definition) is 1. The quantitative estimate of drug-likeness (QED) is 0.807. The maximum atomic E-state index is 6.06. The lowest BCUT2D eigenvalue weighted by Gasteiger charge is -2.17. The molecule has 0 spiro atoms. The highest BCUT2D eigenvalue weighted by Crippen LogP contribution is 2.24. The highest BCUT2D eigenvalue weighted by molar-refractivity contribution is 6.32. The van der Waals surface area contributed by atoms with E-state index in [0.717, 1.165) is 17.9 Å². The lowest BCUT2D eigenvalue weighted by atomic mass is 10.1. The fourth-order valence-electron chi connectivity index (χ4n) is 1.38. The molecule has 2 nitrogen and oxygen atoms in total. The summed E-state index contributed by atoms with van der Waals surface area (Å²) in [7, 11) is 0. The summed E-state index contributed by atoms with van der Waals surface area (Å²) in [6.07, 6.45) is 0. The van der Waals surface area contributed by atoms with E-state index in [1.807, 2.05) is 25.1 Å². The zero-order valence-corrected chi connectivity index (χ0v) is 11.3. The van der Waals surface area contributed by atoms with E-state index in [1.165, 1.54) is 0 Å². The summed E-state index contributed by atoms with van der Waals surface area (Å²) < 4.78 is 5.62. The Morgan fingerprint density at radius 2 is 2.00 bits per heavy atom. The lowest BCUT2D eigenvalue weighted by Crippen LogP contribution is -2.95. The summed E-state index contributed by atoms with van der Waals surface area (Å²) >= 11 is 6.06. The van der Waals surface area contributed by atoms with Crippen LogP contribution in [-0.4, -0.2) is 18.7 Å². The Hall–Kier alpha value is -0.730. The molecule has 16 heavy (non-hydrogen) atoms. The van der Waals surface area contributed by atoms with Crippen molar-refractivity contribution < 1.29 is 10.1 Å². The smallest absolute Gasteiger partial charge is 0.138 e. The molecule has 0 saturated carbocycles. The number of benzene rings is 1. The number of aryl methyl sites for hydroxylation is 1. The van der Waals surface area contributed by atoms with Gasteiger partial charge in [-0.1, -0.05) is 17.7 Å². The largest absolute Gasteiger partial charge is 0.486 e.